The van der Waals surface area contributed by atoms with Gasteiger partial charge in [0, 0.05) is 25.5 Å². The SMILES string of the molecule is O=C(c1nc2ncccn2n1)N1CCCC(c2nc3ccccc3o2)C1. The molecule has 1 amide bonds. The fourth-order valence-electron chi connectivity index (χ4n) is 3.39. The van der Waals surface area contributed by atoms with Crippen LogP contribution < -0.4 is 0 Å². The summed E-state index contributed by atoms with van der Waals surface area (Å²) in [7, 11) is 0. The number of carbonyl (C=O) groups excluding carboxylic acids is 1. The van der Waals surface area contributed by atoms with Crippen LogP contribution >= 0.6 is 0 Å². The third-order valence-corrected chi connectivity index (χ3v) is 4.68. The molecule has 1 aliphatic rings. The summed E-state index contributed by atoms with van der Waals surface area (Å²) in [5.41, 5.74) is 1.62. The molecule has 1 aromatic carbocycles. The van der Waals surface area contributed by atoms with Gasteiger partial charge in [-0.25, -0.2) is 14.5 Å². The highest BCUT2D eigenvalue weighted by molar-refractivity contribution is 5.91. The Labute approximate surface area is 148 Å². The second kappa shape index (κ2) is 5.91. The Morgan fingerprint density at radius 3 is 3.00 bits per heavy atom. The number of hydrogen-bond acceptors (Lipinski definition) is 6. The van der Waals surface area contributed by atoms with Crippen molar-refractivity contribution in [2.75, 3.05) is 13.1 Å². The molecule has 0 saturated carbocycles. The van der Waals surface area contributed by atoms with Crippen LogP contribution in [0.4, 0.5) is 0 Å². The lowest BCUT2D eigenvalue weighted by Crippen LogP contribution is -2.39. The van der Waals surface area contributed by atoms with Crippen LogP contribution in [0.25, 0.3) is 16.9 Å². The van der Waals surface area contributed by atoms with Crippen molar-refractivity contribution in [2.24, 2.45) is 0 Å². The van der Waals surface area contributed by atoms with Gasteiger partial charge in [0.2, 0.25) is 5.82 Å². The van der Waals surface area contributed by atoms with E-state index in [-0.39, 0.29) is 17.6 Å². The van der Waals surface area contributed by atoms with Crippen molar-refractivity contribution < 1.29 is 9.21 Å². The van der Waals surface area contributed by atoms with Gasteiger partial charge in [-0.1, -0.05) is 12.1 Å². The van der Waals surface area contributed by atoms with E-state index in [1.54, 1.807) is 23.4 Å². The first kappa shape index (κ1) is 15.0. The lowest BCUT2D eigenvalue weighted by molar-refractivity contribution is 0.0687. The molecule has 1 aliphatic heterocycles. The van der Waals surface area contributed by atoms with Gasteiger partial charge in [0.25, 0.3) is 11.7 Å². The Morgan fingerprint density at radius 2 is 2.12 bits per heavy atom. The molecule has 1 fully saturated rings. The normalized spacial score (nSPS) is 17.8. The summed E-state index contributed by atoms with van der Waals surface area (Å²) in [5, 5.41) is 4.23. The number of rotatable bonds is 2. The predicted molar refractivity (Wildman–Crippen MR) is 92.7 cm³/mol. The molecular weight excluding hydrogens is 332 g/mol. The maximum Gasteiger partial charge on any atom is 0.293 e. The van der Waals surface area contributed by atoms with Crippen LogP contribution in [0, 0.1) is 0 Å². The Balaban J connectivity index is 1.40. The number of aromatic nitrogens is 5. The zero-order valence-electron chi connectivity index (χ0n) is 13.9. The topological polar surface area (TPSA) is 89.4 Å². The van der Waals surface area contributed by atoms with Gasteiger partial charge >= 0.3 is 0 Å². The summed E-state index contributed by atoms with van der Waals surface area (Å²) >= 11 is 0. The number of benzene rings is 1. The third-order valence-electron chi connectivity index (χ3n) is 4.68. The summed E-state index contributed by atoms with van der Waals surface area (Å²) in [5.74, 6) is 1.17. The average molecular weight is 348 g/mol. The molecule has 5 rings (SSSR count). The van der Waals surface area contributed by atoms with Crippen LogP contribution in [0.2, 0.25) is 0 Å². The number of piperidine rings is 1. The minimum Gasteiger partial charge on any atom is -0.440 e. The zero-order chi connectivity index (χ0) is 17.5. The molecule has 0 bridgehead atoms. The van der Waals surface area contributed by atoms with E-state index < -0.39 is 0 Å². The van der Waals surface area contributed by atoms with Gasteiger partial charge in [0.05, 0.1) is 5.92 Å². The molecule has 3 aromatic heterocycles. The van der Waals surface area contributed by atoms with Gasteiger partial charge in [-0.05, 0) is 31.0 Å². The molecule has 1 saturated heterocycles. The second-order valence-electron chi connectivity index (χ2n) is 6.41. The molecule has 4 heterocycles. The number of amides is 1. The number of hydrogen-bond donors (Lipinski definition) is 0. The third kappa shape index (κ3) is 2.50. The molecule has 0 N–H and O–H groups in total. The molecule has 26 heavy (non-hydrogen) atoms. The van der Waals surface area contributed by atoms with Gasteiger partial charge in [-0.3, -0.25) is 4.79 Å². The Hall–Kier alpha value is -3.29. The molecule has 4 aromatic rings. The Kier molecular flexibility index (Phi) is 3.41. The molecule has 1 unspecified atom stereocenters. The summed E-state index contributed by atoms with van der Waals surface area (Å²) < 4.78 is 7.40. The van der Waals surface area contributed by atoms with E-state index in [9.17, 15) is 4.79 Å². The van der Waals surface area contributed by atoms with Gasteiger partial charge in [-0.2, -0.15) is 4.98 Å². The van der Waals surface area contributed by atoms with Crippen LogP contribution in [0.5, 0.6) is 0 Å². The number of carbonyl (C=O) groups is 1. The van der Waals surface area contributed by atoms with Crippen molar-refractivity contribution in [1.29, 1.82) is 0 Å². The lowest BCUT2D eigenvalue weighted by atomic mass is 9.98. The summed E-state index contributed by atoms with van der Waals surface area (Å²) in [6, 6.07) is 9.46. The van der Waals surface area contributed by atoms with Gasteiger partial charge < -0.3 is 9.32 Å². The first-order valence-electron chi connectivity index (χ1n) is 8.60. The molecule has 130 valence electrons. The number of likely N-dealkylation sites (tertiary alicyclic amines) is 1. The molecule has 0 aliphatic carbocycles. The van der Waals surface area contributed by atoms with Crippen LogP contribution in [0.15, 0.2) is 47.1 Å². The van der Waals surface area contributed by atoms with E-state index in [1.165, 1.54) is 4.52 Å². The minimum atomic E-state index is -0.184. The van der Waals surface area contributed by atoms with Crippen LogP contribution in [-0.4, -0.2) is 48.5 Å². The molecule has 0 radical (unpaired) electrons. The predicted octanol–water partition coefficient (Wildman–Crippen LogP) is 2.29. The van der Waals surface area contributed by atoms with Crippen molar-refractivity contribution in [3.05, 3.63) is 54.4 Å². The smallest absolute Gasteiger partial charge is 0.293 e. The molecule has 1 atom stereocenters. The zero-order valence-corrected chi connectivity index (χ0v) is 13.9. The van der Waals surface area contributed by atoms with Crippen molar-refractivity contribution in [2.45, 2.75) is 18.8 Å². The number of nitrogens with zero attached hydrogens (tertiary/aromatic N) is 6. The van der Waals surface area contributed by atoms with Crippen LogP contribution in [0.3, 0.4) is 0 Å². The van der Waals surface area contributed by atoms with Crippen molar-refractivity contribution in [3.8, 4) is 0 Å². The van der Waals surface area contributed by atoms with Gasteiger partial charge in [0.15, 0.2) is 11.5 Å². The Morgan fingerprint density at radius 1 is 1.19 bits per heavy atom. The molecule has 8 nitrogen and oxygen atoms in total. The second-order valence-corrected chi connectivity index (χ2v) is 6.41. The first-order valence-corrected chi connectivity index (χ1v) is 8.60. The largest absolute Gasteiger partial charge is 0.440 e. The monoisotopic (exact) mass is 348 g/mol. The van der Waals surface area contributed by atoms with E-state index in [1.807, 2.05) is 24.3 Å². The van der Waals surface area contributed by atoms with Gasteiger partial charge in [0.1, 0.15) is 5.52 Å². The van der Waals surface area contributed by atoms with Crippen molar-refractivity contribution in [1.82, 2.24) is 29.5 Å². The standard InChI is InChI=1S/C18H16N6O2/c25-17(15-21-18-19-8-4-10-24(18)22-15)23-9-3-5-12(11-23)16-20-13-6-1-2-7-14(13)26-16/h1-2,4,6-8,10,12H,3,5,9,11H2. The molecule has 0 spiro atoms. The Bertz CT molecular complexity index is 1040. The number of fused-ring (bicyclic) bond motifs is 2. The highest BCUT2D eigenvalue weighted by atomic mass is 16.3. The number of oxazole rings is 1. The summed E-state index contributed by atoms with van der Waals surface area (Å²) in [4.78, 5) is 27.5. The fourth-order valence-corrected chi connectivity index (χ4v) is 3.39. The summed E-state index contributed by atoms with van der Waals surface area (Å²) in [6.45, 7) is 1.23. The highest BCUT2D eigenvalue weighted by Gasteiger charge is 2.30. The van der Waals surface area contributed by atoms with Gasteiger partial charge in [-0.15, -0.1) is 5.10 Å². The molecule has 8 heteroatoms. The fraction of sp³-hybridized carbons (Fsp3) is 0.278. The lowest BCUT2D eigenvalue weighted by Gasteiger charge is -2.30. The highest BCUT2D eigenvalue weighted by Crippen LogP contribution is 2.29. The van der Waals surface area contributed by atoms with Crippen molar-refractivity contribution >= 4 is 22.8 Å². The van der Waals surface area contributed by atoms with Crippen molar-refractivity contribution in [3.63, 3.8) is 0 Å². The first-order chi connectivity index (χ1) is 12.8. The van der Waals surface area contributed by atoms with E-state index in [0.29, 0.717) is 24.8 Å². The summed E-state index contributed by atoms with van der Waals surface area (Å²) in [6.07, 6.45) is 5.18. The van der Waals surface area contributed by atoms with E-state index >= 15 is 0 Å². The number of para-hydroxylation sites is 2. The van der Waals surface area contributed by atoms with Crippen LogP contribution in [0.1, 0.15) is 35.3 Å². The van der Waals surface area contributed by atoms with E-state index in [2.05, 4.69) is 20.1 Å². The van der Waals surface area contributed by atoms with E-state index in [0.717, 1.165) is 23.9 Å². The van der Waals surface area contributed by atoms with Crippen LogP contribution in [-0.2, 0) is 0 Å². The average Bonchev–Trinajstić information content (AvgIpc) is 3.31. The maximum absolute atomic E-state index is 12.8. The minimum absolute atomic E-state index is 0.0789. The molecular formula is C18H16N6O2. The quantitative estimate of drug-likeness (QED) is 0.552. The maximum atomic E-state index is 12.8. The van der Waals surface area contributed by atoms with E-state index in [4.69, 9.17) is 4.42 Å².